The number of aromatic nitrogens is 2. The summed E-state index contributed by atoms with van der Waals surface area (Å²) in [6.07, 6.45) is 2.41. The Balaban J connectivity index is 2.14. The van der Waals surface area contributed by atoms with Crippen LogP contribution >= 0.6 is 0 Å². The van der Waals surface area contributed by atoms with Crippen molar-refractivity contribution < 1.29 is 14.3 Å². The number of nitrogens with one attached hydrogen (secondary N) is 1. The Bertz CT molecular complexity index is 936. The molecule has 1 aliphatic rings. The van der Waals surface area contributed by atoms with E-state index in [4.69, 9.17) is 4.74 Å². The number of amides is 1. The summed E-state index contributed by atoms with van der Waals surface area (Å²) in [4.78, 5) is 27.2. The number of rotatable bonds is 4. The van der Waals surface area contributed by atoms with E-state index in [1.54, 1.807) is 0 Å². The lowest BCUT2D eigenvalue weighted by atomic mass is 9.90. The minimum absolute atomic E-state index is 0.00467. The van der Waals surface area contributed by atoms with Gasteiger partial charge < -0.3 is 9.64 Å². The van der Waals surface area contributed by atoms with E-state index in [0.29, 0.717) is 19.5 Å². The van der Waals surface area contributed by atoms with Gasteiger partial charge >= 0.3 is 5.97 Å². The molecule has 6 nitrogen and oxygen atoms in total. The summed E-state index contributed by atoms with van der Waals surface area (Å²) in [5, 5.41) is 8.33. The lowest BCUT2D eigenvalue weighted by molar-refractivity contribution is -0.147. The predicted octanol–water partition coefficient (Wildman–Crippen LogP) is 3.71. The molecule has 2 aromatic rings. The summed E-state index contributed by atoms with van der Waals surface area (Å²) < 4.78 is 4.85. The van der Waals surface area contributed by atoms with Crippen LogP contribution in [0.5, 0.6) is 0 Å². The lowest BCUT2D eigenvalue weighted by Crippen LogP contribution is -2.40. The molecule has 1 N–H and O–H groups in total. The van der Waals surface area contributed by atoms with Gasteiger partial charge in [-0.2, -0.15) is 5.10 Å². The van der Waals surface area contributed by atoms with E-state index < -0.39 is 5.92 Å². The van der Waals surface area contributed by atoms with Crippen LogP contribution in [-0.4, -0.2) is 40.6 Å². The first-order valence-corrected chi connectivity index (χ1v) is 9.60. The number of nitrogens with zero attached hydrogens (tertiary/aromatic N) is 2. The lowest BCUT2D eigenvalue weighted by Gasteiger charge is -2.31. The molecule has 1 aromatic carbocycles. The molecule has 0 spiro atoms. The van der Waals surface area contributed by atoms with Crippen molar-refractivity contribution in [2.24, 2.45) is 11.3 Å². The van der Waals surface area contributed by atoms with Gasteiger partial charge in [0.15, 0.2) is 0 Å². The second kappa shape index (κ2) is 7.41. The smallest absolute Gasteiger partial charge is 0.306 e. The molecule has 0 radical (unpaired) electrons. The highest BCUT2D eigenvalue weighted by molar-refractivity contribution is 5.94. The van der Waals surface area contributed by atoms with Crippen molar-refractivity contribution in [3.05, 3.63) is 35.5 Å². The molecular formula is C22H29N3O3. The molecule has 150 valence electrons. The second-order valence-corrected chi connectivity index (χ2v) is 8.94. The van der Waals surface area contributed by atoms with Gasteiger partial charge in [-0.15, -0.1) is 0 Å². The van der Waals surface area contributed by atoms with Crippen LogP contribution in [0.1, 0.15) is 50.8 Å². The largest absolute Gasteiger partial charge is 0.469 e. The molecule has 2 heterocycles. The number of ether oxygens (including phenoxy) is 1. The first-order chi connectivity index (χ1) is 13.1. The van der Waals surface area contributed by atoms with E-state index in [2.05, 4.69) is 43.6 Å². The van der Waals surface area contributed by atoms with Crippen LogP contribution < -0.4 is 0 Å². The zero-order valence-corrected chi connectivity index (χ0v) is 17.4. The van der Waals surface area contributed by atoms with Crippen molar-refractivity contribution in [1.82, 2.24) is 15.1 Å². The maximum absolute atomic E-state index is 13.3. The van der Waals surface area contributed by atoms with Gasteiger partial charge in [0, 0.05) is 24.0 Å². The number of H-pyrrole nitrogens is 1. The Morgan fingerprint density at radius 1 is 1.43 bits per heavy atom. The normalized spacial score (nSPS) is 17.4. The third-order valence-corrected chi connectivity index (χ3v) is 5.18. The van der Waals surface area contributed by atoms with Gasteiger partial charge in [-0.1, -0.05) is 27.4 Å². The Morgan fingerprint density at radius 3 is 2.75 bits per heavy atom. The molecule has 1 amide bonds. The molecule has 6 heteroatoms. The number of fused-ring (bicyclic) bond motifs is 3. The molecule has 1 atom stereocenters. The topological polar surface area (TPSA) is 75.3 Å². The van der Waals surface area contributed by atoms with E-state index in [1.807, 2.05) is 18.0 Å². The van der Waals surface area contributed by atoms with Crippen molar-refractivity contribution in [2.75, 3.05) is 13.7 Å². The third kappa shape index (κ3) is 3.96. The van der Waals surface area contributed by atoms with Crippen LogP contribution in [0.3, 0.4) is 0 Å². The third-order valence-electron chi connectivity index (χ3n) is 5.18. The van der Waals surface area contributed by atoms with E-state index >= 15 is 0 Å². The first-order valence-electron chi connectivity index (χ1n) is 9.60. The molecule has 28 heavy (non-hydrogen) atoms. The summed E-state index contributed by atoms with van der Waals surface area (Å²) in [6, 6.07) is 2.09. The highest BCUT2D eigenvalue weighted by Crippen LogP contribution is 2.35. The number of methoxy groups -OCH3 is 1. The van der Waals surface area contributed by atoms with Gasteiger partial charge in [-0.25, -0.2) is 0 Å². The number of benzene rings is 1. The Hall–Kier alpha value is -2.63. The molecule has 0 saturated heterocycles. The zero-order chi connectivity index (χ0) is 20.6. The van der Waals surface area contributed by atoms with Gasteiger partial charge in [0.2, 0.25) is 5.91 Å². The summed E-state index contributed by atoms with van der Waals surface area (Å²) in [7, 11) is 1.36. The van der Waals surface area contributed by atoms with E-state index in [0.717, 1.165) is 33.2 Å². The summed E-state index contributed by atoms with van der Waals surface area (Å²) in [5.74, 6) is -0.787. The average molecular weight is 383 g/mol. The fourth-order valence-corrected chi connectivity index (χ4v) is 3.96. The monoisotopic (exact) mass is 383 g/mol. The highest BCUT2D eigenvalue weighted by atomic mass is 16.5. The van der Waals surface area contributed by atoms with Gasteiger partial charge in [0.05, 0.1) is 31.2 Å². The average Bonchev–Trinajstić information content (AvgIpc) is 3.05. The number of hydrogen-bond donors (Lipinski definition) is 1. The van der Waals surface area contributed by atoms with Crippen molar-refractivity contribution in [3.8, 4) is 0 Å². The van der Waals surface area contributed by atoms with E-state index in [9.17, 15) is 9.59 Å². The quantitative estimate of drug-likeness (QED) is 0.817. The molecule has 1 aliphatic heterocycles. The number of aromatic amines is 1. The standard InChI is InChI=1S/C22H29N3O3/c1-13(2)16-8-14-7-15(9-19(26)28-6)21(27)25(12-22(3,4)5)11-18(14)17-10-23-24-20(16)17/h8,10,15H,1,7,9,11-12H2,2-6H3,(H,23,24)/t15-/m0/s1. The fourth-order valence-electron chi connectivity index (χ4n) is 3.96. The van der Waals surface area contributed by atoms with Crippen LogP contribution in [0.4, 0.5) is 0 Å². The summed E-state index contributed by atoms with van der Waals surface area (Å²) >= 11 is 0. The second-order valence-electron chi connectivity index (χ2n) is 8.94. The minimum Gasteiger partial charge on any atom is -0.469 e. The van der Waals surface area contributed by atoms with Crippen LogP contribution in [0.25, 0.3) is 16.5 Å². The molecule has 0 unspecified atom stereocenters. The molecule has 1 aromatic heterocycles. The number of esters is 1. The van der Waals surface area contributed by atoms with Crippen LogP contribution in [0.15, 0.2) is 18.8 Å². The van der Waals surface area contributed by atoms with Crippen LogP contribution in [-0.2, 0) is 27.3 Å². The van der Waals surface area contributed by atoms with Crippen LogP contribution in [0.2, 0.25) is 0 Å². The fraction of sp³-hybridized carbons (Fsp3) is 0.500. The Labute approximate surface area is 165 Å². The van der Waals surface area contributed by atoms with Crippen molar-refractivity contribution in [1.29, 1.82) is 0 Å². The van der Waals surface area contributed by atoms with E-state index in [1.165, 1.54) is 7.11 Å². The molecule has 0 fully saturated rings. The first kappa shape index (κ1) is 20.1. The van der Waals surface area contributed by atoms with Gasteiger partial charge in [0.25, 0.3) is 0 Å². The summed E-state index contributed by atoms with van der Waals surface area (Å²) in [5.41, 5.74) is 5.00. The van der Waals surface area contributed by atoms with Crippen LogP contribution in [0, 0.1) is 11.3 Å². The van der Waals surface area contributed by atoms with Gasteiger partial charge in [-0.3, -0.25) is 14.7 Å². The molecule has 0 saturated carbocycles. The van der Waals surface area contributed by atoms with Gasteiger partial charge in [-0.05, 0) is 41.5 Å². The number of hydrogen-bond acceptors (Lipinski definition) is 4. The van der Waals surface area contributed by atoms with E-state index in [-0.39, 0.29) is 23.7 Å². The maximum Gasteiger partial charge on any atom is 0.306 e. The van der Waals surface area contributed by atoms with Crippen molar-refractivity contribution >= 4 is 28.4 Å². The van der Waals surface area contributed by atoms with Gasteiger partial charge in [0.1, 0.15) is 0 Å². The minimum atomic E-state index is -0.432. The predicted molar refractivity (Wildman–Crippen MR) is 110 cm³/mol. The molecule has 0 bridgehead atoms. The van der Waals surface area contributed by atoms with Crippen molar-refractivity contribution in [2.45, 2.75) is 47.1 Å². The summed E-state index contributed by atoms with van der Waals surface area (Å²) in [6.45, 7) is 13.5. The Morgan fingerprint density at radius 2 is 2.14 bits per heavy atom. The number of allylic oxidation sites excluding steroid dienone is 1. The SMILES string of the molecule is C=C(C)c1cc2c(c3cn[nH]c13)CN(CC(C)(C)C)C(=O)[C@H](CC(=O)OC)C2. The zero-order valence-electron chi connectivity index (χ0n) is 17.4. The molecular weight excluding hydrogens is 354 g/mol. The Kier molecular flexibility index (Phi) is 5.33. The molecule has 0 aliphatic carbocycles. The number of carbonyl (C=O) groups excluding carboxylic acids is 2. The van der Waals surface area contributed by atoms with Crippen molar-refractivity contribution in [3.63, 3.8) is 0 Å². The highest BCUT2D eigenvalue weighted by Gasteiger charge is 2.34. The number of carbonyl (C=O) groups is 2. The molecule has 3 rings (SSSR count). The maximum atomic E-state index is 13.3.